The van der Waals surface area contributed by atoms with Crippen LogP contribution in [-0.2, 0) is 16.1 Å². The predicted octanol–water partition coefficient (Wildman–Crippen LogP) is 1.53. The van der Waals surface area contributed by atoms with E-state index in [1.807, 2.05) is 24.3 Å². The third-order valence-electron chi connectivity index (χ3n) is 3.90. The topological polar surface area (TPSA) is 118 Å². The van der Waals surface area contributed by atoms with Gasteiger partial charge in [-0.2, -0.15) is 4.98 Å². The van der Waals surface area contributed by atoms with Gasteiger partial charge in [0, 0.05) is 6.61 Å². The second kappa shape index (κ2) is 6.99. The summed E-state index contributed by atoms with van der Waals surface area (Å²) in [5.41, 5.74) is 1.68. The number of hydrogen-bond acceptors (Lipinski definition) is 7. The summed E-state index contributed by atoms with van der Waals surface area (Å²) in [6.07, 6.45) is 1.80. The number of nitrogens with zero attached hydrogens (tertiary/aromatic N) is 3. The Balaban J connectivity index is 1.26. The van der Waals surface area contributed by atoms with Crippen molar-refractivity contribution in [2.45, 2.75) is 25.5 Å². The summed E-state index contributed by atoms with van der Waals surface area (Å²) in [6, 6.07) is 7.58. The number of rotatable bonds is 6. The molecule has 3 N–H and O–H groups in total. The van der Waals surface area contributed by atoms with Crippen LogP contribution in [0.3, 0.4) is 0 Å². The fourth-order valence-electron chi connectivity index (χ4n) is 2.72. The lowest BCUT2D eigenvalue weighted by Crippen LogP contribution is -2.28. The van der Waals surface area contributed by atoms with Crippen molar-refractivity contribution in [2.24, 2.45) is 0 Å². The zero-order chi connectivity index (χ0) is 17.1. The summed E-state index contributed by atoms with van der Waals surface area (Å²) in [7, 11) is 0. The average Bonchev–Trinajstić information content (AvgIpc) is 3.34. The second-order valence-electron chi connectivity index (χ2n) is 5.80. The highest BCUT2D eigenvalue weighted by Gasteiger charge is 2.23. The van der Waals surface area contributed by atoms with Crippen molar-refractivity contribution in [1.29, 1.82) is 0 Å². The summed E-state index contributed by atoms with van der Waals surface area (Å²) < 4.78 is 10.7. The number of H-pyrrole nitrogens is 1. The van der Waals surface area contributed by atoms with Gasteiger partial charge in [-0.05, 0) is 25.0 Å². The van der Waals surface area contributed by atoms with E-state index in [0.717, 1.165) is 30.5 Å². The van der Waals surface area contributed by atoms with Gasteiger partial charge in [-0.15, -0.1) is 0 Å². The molecule has 0 radical (unpaired) electrons. The van der Waals surface area contributed by atoms with Gasteiger partial charge in [0.15, 0.2) is 5.82 Å². The van der Waals surface area contributed by atoms with Gasteiger partial charge in [0.05, 0.1) is 24.1 Å². The van der Waals surface area contributed by atoms with Crippen molar-refractivity contribution in [1.82, 2.24) is 25.4 Å². The number of benzene rings is 1. The zero-order valence-electron chi connectivity index (χ0n) is 13.5. The predicted molar refractivity (Wildman–Crippen MR) is 88.7 cm³/mol. The molecule has 0 aliphatic carbocycles. The van der Waals surface area contributed by atoms with Gasteiger partial charge in [-0.1, -0.05) is 17.3 Å². The number of ether oxygens (including phenoxy) is 1. The third-order valence-corrected chi connectivity index (χ3v) is 3.90. The molecular formula is C16H18N6O3. The highest BCUT2D eigenvalue weighted by Crippen LogP contribution is 2.26. The molecule has 3 aromatic rings. The summed E-state index contributed by atoms with van der Waals surface area (Å²) in [5, 5.41) is 9.59. The smallest absolute Gasteiger partial charge is 0.255 e. The molecule has 0 saturated carbocycles. The Hall–Kier alpha value is -2.78. The van der Waals surface area contributed by atoms with Crippen LogP contribution in [0.1, 0.15) is 30.7 Å². The van der Waals surface area contributed by atoms with Gasteiger partial charge in [0.2, 0.25) is 11.9 Å². The summed E-state index contributed by atoms with van der Waals surface area (Å²) in [6.45, 7) is 1.17. The molecule has 9 nitrogen and oxygen atoms in total. The Kier molecular flexibility index (Phi) is 4.40. The molecule has 1 aliphatic rings. The van der Waals surface area contributed by atoms with Crippen LogP contribution < -0.4 is 10.6 Å². The molecular weight excluding hydrogens is 324 g/mol. The number of nitrogens with one attached hydrogen (secondary N) is 3. The minimum atomic E-state index is -0.207. The number of anilines is 1. The van der Waals surface area contributed by atoms with Crippen LogP contribution in [0.15, 0.2) is 28.8 Å². The van der Waals surface area contributed by atoms with Crippen molar-refractivity contribution in [3.05, 3.63) is 36.0 Å². The number of carbonyl (C=O) groups is 1. The van der Waals surface area contributed by atoms with E-state index >= 15 is 0 Å². The Morgan fingerprint density at radius 2 is 2.24 bits per heavy atom. The molecule has 3 heterocycles. The van der Waals surface area contributed by atoms with Crippen molar-refractivity contribution in [3.8, 4) is 0 Å². The average molecular weight is 342 g/mol. The SMILES string of the molecule is O=C(CNCc1noc(C2CCCO2)n1)Nc1nc2ccccc2[nH]1. The van der Waals surface area contributed by atoms with E-state index in [1.54, 1.807) is 0 Å². The summed E-state index contributed by atoms with van der Waals surface area (Å²) in [4.78, 5) is 23.6. The molecule has 1 amide bonds. The zero-order valence-corrected chi connectivity index (χ0v) is 13.5. The van der Waals surface area contributed by atoms with Gasteiger partial charge < -0.3 is 19.6 Å². The number of aromatic nitrogens is 4. The number of carbonyl (C=O) groups excluding carboxylic acids is 1. The first-order chi connectivity index (χ1) is 12.3. The van der Waals surface area contributed by atoms with Crippen molar-refractivity contribution < 1.29 is 14.1 Å². The first-order valence-corrected chi connectivity index (χ1v) is 8.17. The first-order valence-electron chi connectivity index (χ1n) is 8.17. The van der Waals surface area contributed by atoms with Gasteiger partial charge in [0.25, 0.3) is 5.89 Å². The molecule has 25 heavy (non-hydrogen) atoms. The first kappa shape index (κ1) is 15.7. The molecule has 0 spiro atoms. The van der Waals surface area contributed by atoms with Crippen molar-refractivity contribution in [2.75, 3.05) is 18.5 Å². The largest absolute Gasteiger partial charge is 0.368 e. The molecule has 1 saturated heterocycles. The number of fused-ring (bicyclic) bond motifs is 1. The Bertz CT molecular complexity index is 835. The van der Waals surface area contributed by atoms with Gasteiger partial charge in [-0.25, -0.2) is 4.98 Å². The van der Waals surface area contributed by atoms with Crippen LogP contribution in [0.5, 0.6) is 0 Å². The number of hydrogen-bond donors (Lipinski definition) is 3. The quantitative estimate of drug-likeness (QED) is 0.621. The Labute approximate surface area is 143 Å². The Morgan fingerprint density at radius 3 is 3.08 bits per heavy atom. The molecule has 0 bridgehead atoms. The molecule has 1 unspecified atom stereocenters. The minimum absolute atomic E-state index is 0.0994. The minimum Gasteiger partial charge on any atom is -0.368 e. The van der Waals surface area contributed by atoms with Crippen LogP contribution >= 0.6 is 0 Å². The van der Waals surface area contributed by atoms with Gasteiger partial charge >= 0.3 is 0 Å². The molecule has 130 valence electrons. The monoisotopic (exact) mass is 342 g/mol. The lowest BCUT2D eigenvalue weighted by Gasteiger charge is -2.02. The van der Waals surface area contributed by atoms with E-state index in [1.165, 1.54) is 0 Å². The van der Waals surface area contributed by atoms with Crippen LogP contribution in [0.25, 0.3) is 11.0 Å². The van der Waals surface area contributed by atoms with E-state index in [4.69, 9.17) is 9.26 Å². The Morgan fingerprint density at radius 1 is 1.32 bits per heavy atom. The highest BCUT2D eigenvalue weighted by atomic mass is 16.5. The summed E-state index contributed by atoms with van der Waals surface area (Å²) >= 11 is 0. The van der Waals surface area contributed by atoms with Crippen LogP contribution in [0, 0.1) is 0 Å². The molecule has 2 aromatic heterocycles. The van der Waals surface area contributed by atoms with Gasteiger partial charge in [-0.3, -0.25) is 10.1 Å². The maximum Gasteiger partial charge on any atom is 0.255 e. The normalized spacial score (nSPS) is 17.2. The molecule has 4 rings (SSSR count). The molecule has 9 heteroatoms. The van der Waals surface area contributed by atoms with E-state index in [2.05, 4.69) is 30.7 Å². The van der Waals surface area contributed by atoms with Gasteiger partial charge in [0.1, 0.15) is 6.10 Å². The van der Waals surface area contributed by atoms with E-state index in [0.29, 0.717) is 24.2 Å². The second-order valence-corrected chi connectivity index (χ2v) is 5.80. The maximum absolute atomic E-state index is 12.0. The van der Waals surface area contributed by atoms with Crippen molar-refractivity contribution in [3.63, 3.8) is 0 Å². The van der Waals surface area contributed by atoms with Crippen LogP contribution in [-0.4, -0.2) is 39.2 Å². The number of amides is 1. The molecule has 1 fully saturated rings. The molecule has 1 atom stereocenters. The van der Waals surface area contributed by atoms with E-state index in [9.17, 15) is 4.79 Å². The maximum atomic E-state index is 12.0. The van der Waals surface area contributed by atoms with Crippen molar-refractivity contribution >= 4 is 22.9 Å². The van der Waals surface area contributed by atoms with E-state index < -0.39 is 0 Å². The number of imidazole rings is 1. The fraction of sp³-hybridized carbons (Fsp3) is 0.375. The molecule has 1 aliphatic heterocycles. The lowest BCUT2D eigenvalue weighted by atomic mass is 10.2. The number of aromatic amines is 1. The molecule has 1 aromatic carbocycles. The van der Waals surface area contributed by atoms with Crippen LogP contribution in [0.4, 0.5) is 5.95 Å². The third kappa shape index (κ3) is 3.67. The fourth-order valence-corrected chi connectivity index (χ4v) is 2.72. The summed E-state index contributed by atoms with van der Waals surface area (Å²) in [5.74, 6) is 1.22. The van der Waals surface area contributed by atoms with Crippen LogP contribution in [0.2, 0.25) is 0 Å². The standard InChI is InChI=1S/C16H18N6O3/c23-14(21-16-18-10-4-1-2-5-11(10)19-16)9-17-8-13-20-15(25-22-13)12-6-3-7-24-12/h1-2,4-5,12,17H,3,6-9H2,(H2,18,19,21,23). The van der Waals surface area contributed by atoms with E-state index in [-0.39, 0.29) is 18.6 Å². The lowest BCUT2D eigenvalue weighted by molar-refractivity contribution is -0.115. The highest BCUT2D eigenvalue weighted by molar-refractivity contribution is 5.92. The number of para-hydroxylation sites is 2.